The molecule has 0 unspecified atom stereocenters. The van der Waals surface area contributed by atoms with Crippen molar-refractivity contribution in [3.63, 3.8) is 0 Å². The van der Waals surface area contributed by atoms with Gasteiger partial charge in [0.15, 0.2) is 0 Å². The number of thiazole rings is 1. The number of fused-ring (bicyclic) bond motifs is 1. The van der Waals surface area contributed by atoms with E-state index in [0.29, 0.717) is 5.56 Å². The molecule has 1 aromatic heterocycles. The maximum atomic E-state index is 9.97. The van der Waals surface area contributed by atoms with E-state index in [4.69, 9.17) is 4.98 Å². The number of benzene rings is 2. The van der Waals surface area contributed by atoms with E-state index in [2.05, 4.69) is 18.1 Å². The van der Waals surface area contributed by atoms with E-state index in [1.54, 1.807) is 17.6 Å². The molecule has 0 saturated carbocycles. The highest BCUT2D eigenvalue weighted by molar-refractivity contribution is 7.22. The van der Waals surface area contributed by atoms with Crippen LogP contribution in [0, 0.1) is 0 Å². The summed E-state index contributed by atoms with van der Waals surface area (Å²) in [5.74, 6) is 0.184. The summed E-state index contributed by atoms with van der Waals surface area (Å²) in [4.78, 5) is 4.70. The molecule has 0 aliphatic heterocycles. The zero-order chi connectivity index (χ0) is 19.1. The van der Waals surface area contributed by atoms with Gasteiger partial charge in [-0.15, -0.1) is 0 Å². The number of aromatic hydroxyl groups is 2. The van der Waals surface area contributed by atoms with Crippen molar-refractivity contribution in [2.75, 3.05) is 11.6 Å². The first-order valence-electron chi connectivity index (χ1n) is 9.36. The number of para-hydroxylation sites is 1. The average Bonchev–Trinajstić information content (AvgIpc) is 3.10. The van der Waals surface area contributed by atoms with Gasteiger partial charge in [-0.05, 0) is 36.8 Å². The van der Waals surface area contributed by atoms with Crippen LogP contribution in [0.2, 0.25) is 0 Å². The molecule has 2 aromatic carbocycles. The second-order valence-electron chi connectivity index (χ2n) is 6.49. The fourth-order valence-electron chi connectivity index (χ4n) is 2.82. The van der Waals surface area contributed by atoms with Gasteiger partial charge >= 0.3 is 0 Å². The minimum Gasteiger partial charge on any atom is -0.508 e. The molecule has 3 aromatic rings. The number of nitrogens with zero attached hydrogens (tertiary/aromatic N) is 3. The molecule has 0 bridgehead atoms. The van der Waals surface area contributed by atoms with Crippen LogP contribution in [-0.2, 0) is 0 Å². The molecule has 2 N–H and O–H groups in total. The minimum atomic E-state index is 0.0868. The molecular formula is C21H25N3O2S. The lowest BCUT2D eigenvalue weighted by molar-refractivity contribution is 0.459. The van der Waals surface area contributed by atoms with Gasteiger partial charge in [0.25, 0.3) is 0 Å². The molecule has 0 spiro atoms. The second-order valence-corrected chi connectivity index (χ2v) is 7.50. The normalized spacial score (nSPS) is 11.4. The van der Waals surface area contributed by atoms with Gasteiger partial charge in [0.05, 0.1) is 16.4 Å². The van der Waals surface area contributed by atoms with Crippen LogP contribution in [-0.4, -0.2) is 28.0 Å². The third-order valence-electron chi connectivity index (χ3n) is 4.32. The van der Waals surface area contributed by atoms with E-state index in [1.165, 1.54) is 37.5 Å². The predicted octanol–water partition coefficient (Wildman–Crippen LogP) is 5.52. The zero-order valence-electron chi connectivity index (χ0n) is 15.5. The molecule has 1 heterocycles. The van der Waals surface area contributed by atoms with E-state index in [-0.39, 0.29) is 11.5 Å². The molecule has 0 aliphatic rings. The molecule has 0 fully saturated rings. The summed E-state index contributed by atoms with van der Waals surface area (Å²) in [7, 11) is 0. The summed E-state index contributed by atoms with van der Waals surface area (Å²) in [5, 5.41) is 26.9. The van der Waals surface area contributed by atoms with Crippen LogP contribution in [0.4, 0.5) is 5.13 Å². The number of phenolic OH excluding ortho intramolecular Hbond substituents is 2. The molecule has 0 radical (unpaired) electrons. The van der Waals surface area contributed by atoms with E-state index < -0.39 is 0 Å². The lowest BCUT2D eigenvalue weighted by Crippen LogP contribution is -2.18. The largest absolute Gasteiger partial charge is 0.508 e. The van der Waals surface area contributed by atoms with Crippen molar-refractivity contribution in [3.05, 3.63) is 48.0 Å². The van der Waals surface area contributed by atoms with E-state index in [0.717, 1.165) is 34.7 Å². The van der Waals surface area contributed by atoms with Crippen LogP contribution in [0.1, 0.15) is 44.6 Å². The van der Waals surface area contributed by atoms with Gasteiger partial charge in [-0.1, -0.05) is 56.1 Å². The monoisotopic (exact) mass is 383 g/mol. The van der Waals surface area contributed by atoms with Crippen molar-refractivity contribution < 1.29 is 10.2 Å². The van der Waals surface area contributed by atoms with Crippen molar-refractivity contribution in [1.29, 1.82) is 0 Å². The van der Waals surface area contributed by atoms with Crippen molar-refractivity contribution in [2.45, 2.75) is 39.0 Å². The summed E-state index contributed by atoms with van der Waals surface area (Å²) >= 11 is 1.61. The standard InChI is InChI=1S/C21H25N3O2S/c1-2-3-4-5-8-13-24(21-23-18-9-6-7-10-20(18)27-21)22-15-16-14-17(25)11-12-19(16)26/h6-7,9-12,14-15,25-26H,2-5,8,13H2,1H3/b22-15+. The van der Waals surface area contributed by atoms with E-state index in [9.17, 15) is 10.2 Å². The first kappa shape index (κ1) is 19.2. The van der Waals surface area contributed by atoms with Gasteiger partial charge in [-0.2, -0.15) is 5.10 Å². The van der Waals surface area contributed by atoms with Crippen LogP contribution < -0.4 is 5.01 Å². The van der Waals surface area contributed by atoms with Gasteiger partial charge in [0.1, 0.15) is 11.5 Å². The van der Waals surface area contributed by atoms with Crippen molar-refractivity contribution in [3.8, 4) is 11.5 Å². The Balaban J connectivity index is 1.80. The third kappa shape index (κ3) is 5.20. The fourth-order valence-corrected chi connectivity index (χ4v) is 3.76. The Kier molecular flexibility index (Phi) is 6.65. The van der Waals surface area contributed by atoms with E-state index >= 15 is 0 Å². The van der Waals surface area contributed by atoms with Crippen LogP contribution in [0.25, 0.3) is 10.2 Å². The van der Waals surface area contributed by atoms with Gasteiger partial charge in [-0.25, -0.2) is 9.99 Å². The van der Waals surface area contributed by atoms with Gasteiger partial charge in [0, 0.05) is 12.1 Å². The molecule has 0 aliphatic carbocycles. The van der Waals surface area contributed by atoms with Crippen LogP contribution in [0.5, 0.6) is 11.5 Å². The highest BCUT2D eigenvalue weighted by Crippen LogP contribution is 2.29. The Labute approximate surface area is 163 Å². The summed E-state index contributed by atoms with van der Waals surface area (Å²) < 4.78 is 1.12. The Bertz CT molecular complexity index is 874. The zero-order valence-corrected chi connectivity index (χ0v) is 16.3. The van der Waals surface area contributed by atoms with E-state index in [1.807, 2.05) is 23.2 Å². The first-order valence-corrected chi connectivity index (χ1v) is 10.2. The number of hydrogen-bond acceptors (Lipinski definition) is 6. The van der Waals surface area contributed by atoms with Crippen molar-refractivity contribution >= 4 is 32.9 Å². The predicted molar refractivity (Wildman–Crippen MR) is 113 cm³/mol. The number of hydrogen-bond donors (Lipinski definition) is 2. The van der Waals surface area contributed by atoms with Crippen molar-refractivity contribution in [2.24, 2.45) is 5.10 Å². The molecule has 3 rings (SSSR count). The lowest BCUT2D eigenvalue weighted by Gasteiger charge is -2.15. The molecule has 0 atom stereocenters. The van der Waals surface area contributed by atoms with Crippen molar-refractivity contribution in [1.82, 2.24) is 4.98 Å². The van der Waals surface area contributed by atoms with Gasteiger partial charge < -0.3 is 10.2 Å². The molecule has 27 heavy (non-hydrogen) atoms. The van der Waals surface area contributed by atoms with Crippen LogP contribution in [0.15, 0.2) is 47.6 Å². The minimum absolute atomic E-state index is 0.0868. The van der Waals surface area contributed by atoms with Gasteiger partial charge in [-0.3, -0.25) is 0 Å². The molecule has 6 heteroatoms. The smallest absolute Gasteiger partial charge is 0.207 e. The lowest BCUT2D eigenvalue weighted by atomic mass is 10.1. The summed E-state index contributed by atoms with van der Waals surface area (Å²) in [6.07, 6.45) is 7.45. The maximum Gasteiger partial charge on any atom is 0.207 e. The third-order valence-corrected chi connectivity index (χ3v) is 5.37. The summed E-state index contributed by atoms with van der Waals surface area (Å²) in [6, 6.07) is 12.5. The Morgan fingerprint density at radius 2 is 1.89 bits per heavy atom. The SMILES string of the molecule is CCCCCCCN(/N=C/c1cc(O)ccc1O)c1nc2ccccc2s1. The number of aromatic nitrogens is 1. The average molecular weight is 384 g/mol. The highest BCUT2D eigenvalue weighted by Gasteiger charge is 2.11. The number of rotatable bonds is 9. The Hall–Kier alpha value is -2.60. The maximum absolute atomic E-state index is 9.97. The van der Waals surface area contributed by atoms with Gasteiger partial charge in [0.2, 0.25) is 5.13 Å². The first-order chi connectivity index (χ1) is 13.2. The molecule has 0 amide bonds. The summed E-state index contributed by atoms with van der Waals surface area (Å²) in [6.45, 7) is 2.97. The fraction of sp³-hybridized carbons (Fsp3) is 0.333. The number of phenols is 2. The molecule has 0 saturated heterocycles. The van der Waals surface area contributed by atoms with Crippen LogP contribution >= 0.6 is 11.3 Å². The highest BCUT2D eigenvalue weighted by atomic mass is 32.1. The molecule has 5 nitrogen and oxygen atoms in total. The Morgan fingerprint density at radius 1 is 1.07 bits per heavy atom. The molecule has 142 valence electrons. The quantitative estimate of drug-likeness (QED) is 0.221. The number of unbranched alkanes of at least 4 members (excludes halogenated alkanes) is 4. The summed E-state index contributed by atoms with van der Waals surface area (Å²) in [5.41, 5.74) is 1.44. The second kappa shape index (κ2) is 9.37. The Morgan fingerprint density at radius 3 is 2.70 bits per heavy atom. The number of hydrazone groups is 1. The topological polar surface area (TPSA) is 69.0 Å². The number of anilines is 1. The van der Waals surface area contributed by atoms with Crippen LogP contribution in [0.3, 0.4) is 0 Å². The molecular weight excluding hydrogens is 358 g/mol.